The molecular weight excluding hydrogens is 398 g/mol. The van der Waals surface area contributed by atoms with Crippen molar-refractivity contribution in [3.63, 3.8) is 0 Å². The molecule has 0 aromatic heterocycles. The number of rotatable bonds is 5. The Morgan fingerprint density at radius 2 is 1.76 bits per heavy atom. The molecule has 3 rings (SSSR count). The van der Waals surface area contributed by atoms with E-state index in [1.807, 2.05) is 36.5 Å². The minimum atomic E-state index is 0.798. The van der Waals surface area contributed by atoms with Gasteiger partial charge in [0.25, 0.3) is 0 Å². The van der Waals surface area contributed by atoms with Crippen LogP contribution in [0, 0.1) is 0 Å². The summed E-state index contributed by atoms with van der Waals surface area (Å²) >= 11 is 9.52. The zero-order valence-electron chi connectivity index (χ0n) is 14.0. The van der Waals surface area contributed by atoms with Crippen LogP contribution >= 0.6 is 27.5 Å². The Hall–Kier alpha value is -1.62. The van der Waals surface area contributed by atoms with Gasteiger partial charge in [0, 0.05) is 15.1 Å². The van der Waals surface area contributed by atoms with Crippen LogP contribution in [-0.2, 0) is 6.54 Å². The van der Waals surface area contributed by atoms with Gasteiger partial charge in [0.1, 0.15) is 6.54 Å². The highest BCUT2D eigenvalue weighted by Crippen LogP contribution is 2.11. The molecule has 0 amide bonds. The highest BCUT2D eigenvalue weighted by atomic mass is 79.9. The standard InChI is InChI=1S/C20H21BrClN3/c21-19(14-17-4-2-1-3-5-17)15-23-25-12-10-24(11-13-25)16-18-6-8-20(22)9-7-18/h1-9,14-15H,10-13,16H2/p+1/b19-14-,23-15-. The predicted octanol–water partition coefficient (Wildman–Crippen LogP) is 3.46. The third-order valence-corrected chi connectivity index (χ3v) is 4.95. The molecule has 0 saturated carbocycles. The van der Waals surface area contributed by atoms with Gasteiger partial charge in [-0.1, -0.05) is 54.1 Å². The van der Waals surface area contributed by atoms with Crippen molar-refractivity contribution in [2.45, 2.75) is 6.54 Å². The first kappa shape index (κ1) is 18.2. The second-order valence-corrected chi connectivity index (χ2v) is 7.54. The van der Waals surface area contributed by atoms with Crippen molar-refractivity contribution in [2.24, 2.45) is 5.10 Å². The molecule has 0 unspecified atom stereocenters. The Kier molecular flexibility index (Phi) is 6.68. The van der Waals surface area contributed by atoms with Crippen molar-refractivity contribution >= 4 is 39.8 Å². The van der Waals surface area contributed by atoms with Crippen molar-refractivity contribution in [2.75, 3.05) is 26.2 Å². The molecule has 0 atom stereocenters. The van der Waals surface area contributed by atoms with E-state index in [0.717, 1.165) is 47.8 Å². The zero-order valence-corrected chi connectivity index (χ0v) is 16.4. The molecule has 2 aromatic carbocycles. The lowest BCUT2D eigenvalue weighted by molar-refractivity contribution is -0.918. The molecule has 1 aliphatic heterocycles. The summed E-state index contributed by atoms with van der Waals surface area (Å²) in [6.45, 7) is 5.20. The minimum absolute atomic E-state index is 0.798. The van der Waals surface area contributed by atoms with E-state index in [9.17, 15) is 0 Å². The van der Waals surface area contributed by atoms with Crippen LogP contribution in [0.25, 0.3) is 6.08 Å². The number of halogens is 2. The number of allylic oxidation sites excluding steroid dienone is 1. The molecule has 1 saturated heterocycles. The van der Waals surface area contributed by atoms with Crippen LogP contribution in [0.2, 0.25) is 5.02 Å². The van der Waals surface area contributed by atoms with E-state index in [-0.39, 0.29) is 0 Å². The average molecular weight is 420 g/mol. The molecule has 0 bridgehead atoms. The first-order valence-corrected chi connectivity index (χ1v) is 9.65. The van der Waals surface area contributed by atoms with Gasteiger partial charge in [-0.05, 0) is 39.7 Å². The van der Waals surface area contributed by atoms with E-state index in [1.165, 1.54) is 5.56 Å². The maximum absolute atomic E-state index is 5.95. The number of nitrogens with one attached hydrogen (secondary N) is 1. The summed E-state index contributed by atoms with van der Waals surface area (Å²) in [7, 11) is 0. The fraction of sp³-hybridized carbons (Fsp3) is 0.250. The SMILES string of the molecule is Clc1ccc(C[NH+]2CCN(/N=C\C(Br)=C\c3ccccc3)CC2)cc1. The smallest absolute Gasteiger partial charge is 0.103 e. The number of piperazine rings is 1. The van der Waals surface area contributed by atoms with E-state index in [2.05, 4.69) is 56.4 Å². The first-order valence-electron chi connectivity index (χ1n) is 8.48. The van der Waals surface area contributed by atoms with E-state index in [1.54, 1.807) is 4.90 Å². The summed E-state index contributed by atoms with van der Waals surface area (Å²) in [5.74, 6) is 0. The summed E-state index contributed by atoms with van der Waals surface area (Å²) in [5.41, 5.74) is 2.50. The topological polar surface area (TPSA) is 20.0 Å². The fourth-order valence-electron chi connectivity index (χ4n) is 2.88. The summed E-state index contributed by atoms with van der Waals surface area (Å²) in [6, 6.07) is 18.4. The minimum Gasteiger partial charge on any atom is -0.328 e. The van der Waals surface area contributed by atoms with Crippen molar-refractivity contribution in [1.82, 2.24) is 5.01 Å². The van der Waals surface area contributed by atoms with Gasteiger partial charge in [0.05, 0.1) is 32.4 Å². The maximum atomic E-state index is 5.95. The van der Waals surface area contributed by atoms with E-state index in [0.29, 0.717) is 0 Å². The van der Waals surface area contributed by atoms with Gasteiger partial charge in [-0.15, -0.1) is 0 Å². The van der Waals surface area contributed by atoms with Gasteiger partial charge in [0.15, 0.2) is 0 Å². The van der Waals surface area contributed by atoms with Crippen LogP contribution in [0.3, 0.4) is 0 Å². The van der Waals surface area contributed by atoms with E-state index >= 15 is 0 Å². The molecule has 25 heavy (non-hydrogen) atoms. The molecule has 3 nitrogen and oxygen atoms in total. The number of nitrogens with zero attached hydrogens (tertiary/aromatic N) is 2. The second kappa shape index (κ2) is 9.18. The Bertz CT molecular complexity index is 720. The molecule has 0 spiro atoms. The molecule has 130 valence electrons. The molecule has 5 heteroatoms. The van der Waals surface area contributed by atoms with E-state index in [4.69, 9.17) is 11.6 Å². The molecular formula is C20H22BrClN3+. The van der Waals surface area contributed by atoms with Crippen LogP contribution < -0.4 is 4.90 Å². The summed E-state index contributed by atoms with van der Waals surface area (Å²) in [5, 5.41) is 7.54. The molecule has 1 N–H and O–H groups in total. The van der Waals surface area contributed by atoms with Crippen molar-refractivity contribution in [3.8, 4) is 0 Å². The third kappa shape index (κ3) is 5.99. The summed E-state index contributed by atoms with van der Waals surface area (Å²) in [4.78, 5) is 1.59. The molecule has 1 fully saturated rings. The second-order valence-electron chi connectivity index (χ2n) is 6.19. The number of hydrazone groups is 1. The Morgan fingerprint density at radius 1 is 1.08 bits per heavy atom. The van der Waals surface area contributed by atoms with Crippen LogP contribution in [-0.4, -0.2) is 37.4 Å². The number of hydrogen-bond acceptors (Lipinski definition) is 2. The highest BCUT2D eigenvalue weighted by molar-refractivity contribution is 9.12. The van der Waals surface area contributed by atoms with Crippen LogP contribution in [0.1, 0.15) is 11.1 Å². The molecule has 1 aliphatic rings. The molecule has 1 heterocycles. The largest absolute Gasteiger partial charge is 0.328 e. The lowest BCUT2D eigenvalue weighted by atomic mass is 10.2. The van der Waals surface area contributed by atoms with Crippen molar-refractivity contribution < 1.29 is 4.90 Å². The predicted molar refractivity (Wildman–Crippen MR) is 109 cm³/mol. The van der Waals surface area contributed by atoms with E-state index < -0.39 is 0 Å². The summed E-state index contributed by atoms with van der Waals surface area (Å²) in [6.07, 6.45) is 3.96. The zero-order chi connectivity index (χ0) is 17.5. The van der Waals surface area contributed by atoms with Crippen LogP contribution in [0.15, 0.2) is 64.2 Å². The van der Waals surface area contributed by atoms with Gasteiger partial charge in [0.2, 0.25) is 0 Å². The van der Waals surface area contributed by atoms with Gasteiger partial charge in [-0.3, -0.25) is 5.01 Å². The maximum Gasteiger partial charge on any atom is 0.103 e. The Balaban J connectivity index is 1.47. The first-order chi connectivity index (χ1) is 12.2. The van der Waals surface area contributed by atoms with Crippen molar-refractivity contribution in [3.05, 3.63) is 75.2 Å². The molecule has 0 aliphatic carbocycles. The number of benzene rings is 2. The summed E-state index contributed by atoms with van der Waals surface area (Å²) < 4.78 is 0.981. The number of hydrogen-bond donors (Lipinski definition) is 1. The van der Waals surface area contributed by atoms with Gasteiger partial charge < -0.3 is 4.90 Å². The quantitative estimate of drug-likeness (QED) is 0.736. The number of quaternary nitrogens is 1. The van der Waals surface area contributed by atoms with Crippen LogP contribution in [0.4, 0.5) is 0 Å². The lowest BCUT2D eigenvalue weighted by Crippen LogP contribution is -3.13. The Labute approximate surface area is 162 Å². The van der Waals surface area contributed by atoms with Gasteiger partial charge >= 0.3 is 0 Å². The fourth-order valence-corrected chi connectivity index (χ4v) is 3.36. The monoisotopic (exact) mass is 418 g/mol. The third-order valence-electron chi connectivity index (χ3n) is 4.26. The lowest BCUT2D eigenvalue weighted by Gasteiger charge is -2.30. The average Bonchev–Trinajstić information content (AvgIpc) is 2.64. The normalized spacial score (nSPS) is 16.6. The highest BCUT2D eigenvalue weighted by Gasteiger charge is 2.18. The molecule has 0 radical (unpaired) electrons. The van der Waals surface area contributed by atoms with Crippen LogP contribution in [0.5, 0.6) is 0 Å². The van der Waals surface area contributed by atoms with Gasteiger partial charge in [-0.25, -0.2) is 0 Å². The molecule has 2 aromatic rings. The van der Waals surface area contributed by atoms with Gasteiger partial charge in [-0.2, -0.15) is 5.10 Å². The Morgan fingerprint density at radius 3 is 2.44 bits per heavy atom. The van der Waals surface area contributed by atoms with Crippen molar-refractivity contribution in [1.29, 1.82) is 0 Å².